The molecule has 0 bridgehead atoms. The van der Waals surface area contributed by atoms with Gasteiger partial charge in [-0.2, -0.15) is 12.8 Å². The van der Waals surface area contributed by atoms with E-state index in [0.29, 0.717) is 11.3 Å². The molecule has 0 atom stereocenters. The van der Waals surface area contributed by atoms with Crippen molar-refractivity contribution in [2.45, 2.75) is 0 Å². The molecule has 0 aliphatic carbocycles. The van der Waals surface area contributed by atoms with E-state index in [9.17, 15) is 8.42 Å². The summed E-state index contributed by atoms with van der Waals surface area (Å²) in [5.74, 6) is 0.616. The van der Waals surface area contributed by atoms with Crippen LogP contribution in [-0.4, -0.2) is 21.2 Å². The summed E-state index contributed by atoms with van der Waals surface area (Å²) in [6.07, 6.45) is 1.21. The van der Waals surface area contributed by atoms with Gasteiger partial charge in [-0.1, -0.05) is 12.1 Å². The van der Waals surface area contributed by atoms with E-state index in [4.69, 9.17) is 10.5 Å². The fourth-order valence-electron chi connectivity index (χ4n) is 1.24. The Morgan fingerprint density at radius 1 is 1.35 bits per heavy atom. The van der Waals surface area contributed by atoms with E-state index in [-0.39, 0.29) is 11.6 Å². The predicted octanol–water partition coefficient (Wildman–Crippen LogP) is 1.41. The molecule has 0 spiro atoms. The molecule has 1 aromatic rings. The van der Waals surface area contributed by atoms with Gasteiger partial charge in [-0.15, -0.1) is 0 Å². The maximum absolute atomic E-state index is 11.2. The van der Waals surface area contributed by atoms with E-state index in [1.165, 1.54) is 6.21 Å². The Bertz CT molecular complexity index is 608. The normalized spacial score (nSPS) is 17.5. The predicted molar refractivity (Wildman–Crippen MR) is 68.3 cm³/mol. The highest BCUT2D eigenvalue weighted by Crippen LogP contribution is 2.25. The Balaban J connectivity index is 2.14. The molecule has 7 heteroatoms. The van der Waals surface area contributed by atoms with Gasteiger partial charge in [0.1, 0.15) is 12.4 Å². The number of hydrogen-bond acceptors (Lipinski definition) is 4. The van der Waals surface area contributed by atoms with Gasteiger partial charge in [0, 0.05) is 5.57 Å². The van der Waals surface area contributed by atoms with E-state index < -0.39 is 10.0 Å². The summed E-state index contributed by atoms with van der Waals surface area (Å²) in [6, 6.07) is 7.26. The highest BCUT2D eigenvalue weighted by Gasteiger charge is 2.23. The van der Waals surface area contributed by atoms with Gasteiger partial charge in [0.25, 0.3) is 10.0 Å². The summed E-state index contributed by atoms with van der Waals surface area (Å²) >= 11 is 3.32. The van der Waals surface area contributed by atoms with Crippen molar-refractivity contribution in [1.82, 2.24) is 0 Å². The molecule has 1 aromatic carbocycles. The molecular weight excluding hydrogens is 308 g/mol. The summed E-state index contributed by atoms with van der Waals surface area (Å²) < 4.78 is 32.0. The minimum Gasteiger partial charge on any atom is -0.488 e. The molecule has 0 fully saturated rings. The third-order valence-corrected chi connectivity index (χ3v) is 4.02. The van der Waals surface area contributed by atoms with E-state index in [0.717, 1.165) is 4.47 Å². The minimum atomic E-state index is -3.65. The molecule has 0 saturated carbocycles. The molecule has 90 valence electrons. The van der Waals surface area contributed by atoms with Gasteiger partial charge < -0.3 is 10.5 Å². The molecule has 2 rings (SSSR count). The molecule has 2 N–H and O–H groups in total. The second-order valence-corrected chi connectivity index (χ2v) is 5.77. The fourth-order valence-corrected chi connectivity index (χ4v) is 2.47. The first kappa shape index (κ1) is 12.1. The smallest absolute Gasteiger partial charge is 0.297 e. The first-order valence-electron chi connectivity index (χ1n) is 4.67. The first-order valence-corrected chi connectivity index (χ1v) is 6.90. The van der Waals surface area contributed by atoms with E-state index in [2.05, 4.69) is 20.3 Å². The van der Waals surface area contributed by atoms with E-state index in [1.54, 1.807) is 6.07 Å². The number of sulfonamides is 1. The maximum Gasteiger partial charge on any atom is 0.297 e. The number of para-hydroxylation sites is 1. The number of halogens is 1. The Labute approximate surface area is 107 Å². The van der Waals surface area contributed by atoms with Crippen molar-refractivity contribution in [2.24, 2.45) is 10.1 Å². The summed E-state index contributed by atoms with van der Waals surface area (Å²) in [5, 5.41) is -0.246. The Morgan fingerprint density at radius 3 is 2.65 bits per heavy atom. The van der Waals surface area contributed by atoms with Gasteiger partial charge in [0.2, 0.25) is 0 Å². The van der Waals surface area contributed by atoms with E-state index >= 15 is 0 Å². The van der Waals surface area contributed by atoms with Crippen LogP contribution in [0.15, 0.2) is 43.7 Å². The lowest BCUT2D eigenvalue weighted by Gasteiger charge is -2.07. The lowest BCUT2D eigenvalue weighted by Crippen LogP contribution is -2.11. The van der Waals surface area contributed by atoms with Crippen LogP contribution in [0.5, 0.6) is 5.75 Å². The van der Waals surface area contributed by atoms with Crippen molar-refractivity contribution in [3.05, 3.63) is 39.3 Å². The number of nitrogens with two attached hydrogens (primary N) is 1. The Morgan fingerprint density at radius 2 is 2.06 bits per heavy atom. The van der Waals surface area contributed by atoms with Crippen LogP contribution >= 0.6 is 15.9 Å². The third kappa shape index (κ3) is 2.50. The van der Waals surface area contributed by atoms with Gasteiger partial charge in [-0.3, -0.25) is 0 Å². The summed E-state index contributed by atoms with van der Waals surface area (Å²) in [6.45, 7) is 0.0666. The van der Waals surface area contributed by atoms with Crippen molar-refractivity contribution in [1.29, 1.82) is 0 Å². The summed E-state index contributed by atoms with van der Waals surface area (Å²) in [5.41, 5.74) is 5.80. The number of benzene rings is 1. The largest absolute Gasteiger partial charge is 0.488 e. The second kappa shape index (κ2) is 4.50. The topological polar surface area (TPSA) is 81.8 Å². The molecule has 0 radical (unpaired) electrons. The highest BCUT2D eigenvalue weighted by atomic mass is 79.9. The molecule has 1 heterocycles. The quantitative estimate of drug-likeness (QED) is 0.914. The number of rotatable bonds is 3. The molecule has 1 aliphatic rings. The van der Waals surface area contributed by atoms with Crippen LogP contribution in [0, 0.1) is 0 Å². The van der Waals surface area contributed by atoms with Gasteiger partial charge in [0.15, 0.2) is 5.03 Å². The molecule has 0 unspecified atom stereocenters. The zero-order valence-corrected chi connectivity index (χ0v) is 11.0. The van der Waals surface area contributed by atoms with Crippen LogP contribution in [0.2, 0.25) is 0 Å². The van der Waals surface area contributed by atoms with Crippen molar-refractivity contribution in [3.8, 4) is 5.75 Å². The molecule has 5 nitrogen and oxygen atoms in total. The SMILES string of the molecule is NC1=C(COc2ccccc2Br)C=NS1(=O)=O. The standard InChI is InChI=1S/C10H9BrN2O3S/c11-8-3-1-2-4-9(8)16-6-7-5-13-17(14,15)10(7)12/h1-5H,6,12H2. The van der Waals surface area contributed by atoms with E-state index in [1.807, 2.05) is 18.2 Å². The zero-order chi connectivity index (χ0) is 12.5. The Kier molecular flexibility index (Phi) is 3.21. The van der Waals surface area contributed by atoms with Gasteiger partial charge in [-0.05, 0) is 28.1 Å². The number of hydrogen-bond donors (Lipinski definition) is 1. The lowest BCUT2D eigenvalue weighted by atomic mass is 10.3. The molecule has 1 aliphatic heterocycles. The van der Waals surface area contributed by atoms with Crippen LogP contribution in [0.25, 0.3) is 0 Å². The van der Waals surface area contributed by atoms with Crippen molar-refractivity contribution in [3.63, 3.8) is 0 Å². The van der Waals surface area contributed by atoms with Gasteiger partial charge >= 0.3 is 0 Å². The highest BCUT2D eigenvalue weighted by molar-refractivity contribution is 9.10. The van der Waals surface area contributed by atoms with Crippen molar-refractivity contribution >= 4 is 32.2 Å². The molecular formula is C10H9BrN2O3S. The number of ether oxygens (including phenoxy) is 1. The van der Waals surface area contributed by atoms with Crippen LogP contribution in [0.3, 0.4) is 0 Å². The summed E-state index contributed by atoms with van der Waals surface area (Å²) in [7, 11) is -3.65. The van der Waals surface area contributed by atoms with Crippen LogP contribution in [-0.2, 0) is 10.0 Å². The first-order chi connectivity index (χ1) is 8.00. The number of nitrogens with zero attached hydrogens (tertiary/aromatic N) is 1. The molecule has 17 heavy (non-hydrogen) atoms. The zero-order valence-electron chi connectivity index (χ0n) is 8.63. The van der Waals surface area contributed by atoms with Crippen LogP contribution < -0.4 is 10.5 Å². The lowest BCUT2D eigenvalue weighted by molar-refractivity contribution is 0.355. The monoisotopic (exact) mass is 316 g/mol. The Hall–Kier alpha value is -1.34. The van der Waals surface area contributed by atoms with Crippen LogP contribution in [0.1, 0.15) is 0 Å². The van der Waals surface area contributed by atoms with Crippen molar-refractivity contribution in [2.75, 3.05) is 6.61 Å². The minimum absolute atomic E-state index is 0.0666. The maximum atomic E-state index is 11.2. The van der Waals surface area contributed by atoms with Gasteiger partial charge in [0.05, 0.1) is 10.7 Å². The van der Waals surface area contributed by atoms with Crippen molar-refractivity contribution < 1.29 is 13.2 Å². The fraction of sp³-hybridized carbons (Fsp3) is 0.100. The van der Waals surface area contributed by atoms with Gasteiger partial charge in [-0.25, -0.2) is 0 Å². The molecule has 0 saturated heterocycles. The second-order valence-electron chi connectivity index (χ2n) is 3.32. The van der Waals surface area contributed by atoms with Crippen LogP contribution in [0.4, 0.5) is 0 Å². The molecule has 0 aromatic heterocycles. The summed E-state index contributed by atoms with van der Waals surface area (Å²) in [4.78, 5) is 0. The molecule has 0 amide bonds. The average Bonchev–Trinajstić information content (AvgIpc) is 2.54. The average molecular weight is 317 g/mol. The third-order valence-electron chi connectivity index (χ3n) is 2.16.